The first-order valence-electron chi connectivity index (χ1n) is 11.4. The summed E-state index contributed by atoms with van der Waals surface area (Å²) in [5.41, 5.74) is -0.280. The Morgan fingerprint density at radius 3 is 2.13 bits per heavy atom. The lowest BCUT2D eigenvalue weighted by Crippen LogP contribution is -2.49. The standard InChI is InChI=1S/C23H33N3O4/c1-15-11-26(12-16(2)30-15)23(29)20-14-25(18-9-10-18)13-19(21(20)27)22(28)24-17-7-5-3-4-6-8-17/h13-18H,3-12H2,1-2H3,(H,24,28)/t15-,16+. The van der Waals surface area contributed by atoms with Crippen molar-refractivity contribution in [2.75, 3.05) is 13.1 Å². The molecule has 30 heavy (non-hydrogen) atoms. The van der Waals surface area contributed by atoms with Crippen molar-refractivity contribution in [3.63, 3.8) is 0 Å². The number of hydrogen-bond donors (Lipinski definition) is 1. The zero-order chi connectivity index (χ0) is 21.3. The van der Waals surface area contributed by atoms with Crippen LogP contribution in [0, 0.1) is 0 Å². The molecule has 0 radical (unpaired) electrons. The first-order chi connectivity index (χ1) is 14.4. The van der Waals surface area contributed by atoms with Crippen LogP contribution in [0.4, 0.5) is 0 Å². The molecule has 3 aliphatic rings. The summed E-state index contributed by atoms with van der Waals surface area (Å²) in [5, 5.41) is 3.07. The third kappa shape index (κ3) is 4.77. The van der Waals surface area contributed by atoms with Gasteiger partial charge in [-0.15, -0.1) is 0 Å². The molecule has 7 nitrogen and oxygen atoms in total. The Balaban J connectivity index is 1.61. The van der Waals surface area contributed by atoms with E-state index in [1.54, 1.807) is 17.3 Å². The van der Waals surface area contributed by atoms with Crippen molar-refractivity contribution in [1.29, 1.82) is 0 Å². The minimum atomic E-state index is -0.463. The molecule has 2 aliphatic carbocycles. The number of carbonyl (C=O) groups excluding carboxylic acids is 2. The predicted octanol–water partition coefficient (Wildman–Crippen LogP) is 2.89. The molecule has 2 amide bonds. The second-order valence-corrected chi connectivity index (χ2v) is 9.22. The second kappa shape index (κ2) is 8.92. The fourth-order valence-electron chi connectivity index (χ4n) is 4.70. The summed E-state index contributed by atoms with van der Waals surface area (Å²) in [6, 6.07) is 0.373. The molecule has 2 saturated carbocycles. The average molecular weight is 416 g/mol. The van der Waals surface area contributed by atoms with Gasteiger partial charge < -0.3 is 19.5 Å². The Morgan fingerprint density at radius 1 is 0.933 bits per heavy atom. The van der Waals surface area contributed by atoms with Gasteiger partial charge in [0, 0.05) is 37.6 Å². The molecule has 164 valence electrons. The molecule has 2 atom stereocenters. The zero-order valence-corrected chi connectivity index (χ0v) is 18.1. The van der Waals surface area contributed by atoms with E-state index >= 15 is 0 Å². The predicted molar refractivity (Wildman–Crippen MR) is 114 cm³/mol. The molecule has 4 rings (SSSR count). The van der Waals surface area contributed by atoms with Crippen LogP contribution in [0.5, 0.6) is 0 Å². The maximum atomic E-state index is 13.2. The maximum absolute atomic E-state index is 13.2. The minimum Gasteiger partial charge on any atom is -0.372 e. The summed E-state index contributed by atoms with van der Waals surface area (Å²) in [7, 11) is 0. The first kappa shape index (κ1) is 21.1. The topological polar surface area (TPSA) is 80.6 Å². The molecule has 0 spiro atoms. The molecule has 0 bridgehead atoms. The minimum absolute atomic E-state index is 0.0786. The summed E-state index contributed by atoms with van der Waals surface area (Å²) in [4.78, 5) is 41.2. The van der Waals surface area contributed by atoms with E-state index in [1.165, 1.54) is 12.8 Å². The van der Waals surface area contributed by atoms with Gasteiger partial charge in [0.2, 0.25) is 5.43 Å². The highest BCUT2D eigenvalue weighted by Crippen LogP contribution is 2.34. The van der Waals surface area contributed by atoms with Crippen molar-refractivity contribution < 1.29 is 14.3 Å². The summed E-state index contributed by atoms with van der Waals surface area (Å²) in [5.74, 6) is -0.653. The molecular formula is C23H33N3O4. The number of amides is 2. The van der Waals surface area contributed by atoms with Gasteiger partial charge in [0.15, 0.2) is 0 Å². The third-order valence-corrected chi connectivity index (χ3v) is 6.39. The van der Waals surface area contributed by atoms with E-state index < -0.39 is 5.43 Å². The molecule has 7 heteroatoms. The van der Waals surface area contributed by atoms with Crippen LogP contribution in [0.15, 0.2) is 17.2 Å². The highest BCUT2D eigenvalue weighted by atomic mass is 16.5. The van der Waals surface area contributed by atoms with E-state index in [4.69, 9.17) is 4.74 Å². The van der Waals surface area contributed by atoms with Gasteiger partial charge in [0.05, 0.1) is 12.2 Å². The maximum Gasteiger partial charge on any atom is 0.259 e. The molecule has 1 aromatic heterocycles. The molecule has 0 unspecified atom stereocenters. The molecule has 1 aliphatic heterocycles. The summed E-state index contributed by atoms with van der Waals surface area (Å²) in [6.45, 7) is 4.75. The van der Waals surface area contributed by atoms with Gasteiger partial charge in [-0.1, -0.05) is 25.7 Å². The van der Waals surface area contributed by atoms with E-state index in [9.17, 15) is 14.4 Å². The van der Waals surface area contributed by atoms with Gasteiger partial charge in [-0.25, -0.2) is 0 Å². The SMILES string of the molecule is C[C@@H]1CN(C(=O)c2cn(C3CC3)cc(C(=O)NC3CCCCCC3)c2=O)C[C@H](C)O1. The summed E-state index contributed by atoms with van der Waals surface area (Å²) < 4.78 is 7.61. The Hall–Kier alpha value is -2.15. The van der Waals surface area contributed by atoms with Crippen molar-refractivity contribution in [3.05, 3.63) is 33.7 Å². The Kier molecular flexibility index (Phi) is 6.27. The summed E-state index contributed by atoms with van der Waals surface area (Å²) >= 11 is 0. The highest BCUT2D eigenvalue weighted by Gasteiger charge is 2.32. The Labute approximate surface area is 177 Å². The van der Waals surface area contributed by atoms with Gasteiger partial charge in [-0.2, -0.15) is 0 Å². The van der Waals surface area contributed by atoms with Crippen LogP contribution in [0.3, 0.4) is 0 Å². The van der Waals surface area contributed by atoms with Crippen LogP contribution >= 0.6 is 0 Å². The lowest BCUT2D eigenvalue weighted by molar-refractivity contribution is -0.0586. The number of ether oxygens (including phenoxy) is 1. The lowest BCUT2D eigenvalue weighted by atomic mass is 10.1. The Morgan fingerprint density at radius 2 is 1.53 bits per heavy atom. The monoisotopic (exact) mass is 415 g/mol. The number of morpholine rings is 1. The van der Waals surface area contributed by atoms with Crippen LogP contribution in [-0.4, -0.2) is 52.6 Å². The number of hydrogen-bond acceptors (Lipinski definition) is 4. The van der Waals surface area contributed by atoms with Crippen LogP contribution in [-0.2, 0) is 4.74 Å². The third-order valence-electron chi connectivity index (χ3n) is 6.39. The highest BCUT2D eigenvalue weighted by molar-refractivity contribution is 5.99. The average Bonchev–Trinajstić information content (AvgIpc) is 3.55. The van der Waals surface area contributed by atoms with Crippen molar-refractivity contribution in [2.45, 2.75) is 89.5 Å². The number of aromatic nitrogens is 1. The van der Waals surface area contributed by atoms with E-state index in [0.717, 1.165) is 38.5 Å². The number of nitrogens with zero attached hydrogens (tertiary/aromatic N) is 2. The molecule has 1 aromatic rings. The second-order valence-electron chi connectivity index (χ2n) is 9.22. The smallest absolute Gasteiger partial charge is 0.259 e. The largest absolute Gasteiger partial charge is 0.372 e. The quantitative estimate of drug-likeness (QED) is 0.767. The van der Waals surface area contributed by atoms with Crippen LogP contribution in [0.2, 0.25) is 0 Å². The molecule has 2 heterocycles. The number of nitrogens with one attached hydrogen (secondary N) is 1. The normalized spacial score (nSPS) is 25.6. The van der Waals surface area contributed by atoms with Gasteiger partial charge in [0.1, 0.15) is 11.1 Å². The van der Waals surface area contributed by atoms with E-state index in [1.807, 2.05) is 18.4 Å². The van der Waals surface area contributed by atoms with Gasteiger partial charge in [0.25, 0.3) is 11.8 Å². The number of rotatable bonds is 4. The van der Waals surface area contributed by atoms with E-state index in [2.05, 4.69) is 5.32 Å². The van der Waals surface area contributed by atoms with Gasteiger partial charge in [-0.05, 0) is 39.5 Å². The van der Waals surface area contributed by atoms with Crippen molar-refractivity contribution in [2.24, 2.45) is 0 Å². The van der Waals surface area contributed by atoms with Crippen molar-refractivity contribution >= 4 is 11.8 Å². The van der Waals surface area contributed by atoms with E-state index in [-0.39, 0.29) is 47.2 Å². The fraction of sp³-hybridized carbons (Fsp3) is 0.696. The lowest BCUT2D eigenvalue weighted by Gasteiger charge is -2.35. The van der Waals surface area contributed by atoms with Gasteiger partial charge >= 0.3 is 0 Å². The van der Waals surface area contributed by atoms with Crippen LogP contribution < -0.4 is 10.7 Å². The first-order valence-corrected chi connectivity index (χ1v) is 11.4. The number of carbonyl (C=O) groups is 2. The fourth-order valence-corrected chi connectivity index (χ4v) is 4.70. The molecule has 0 aromatic carbocycles. The zero-order valence-electron chi connectivity index (χ0n) is 18.1. The summed E-state index contributed by atoms with van der Waals surface area (Å²) in [6.07, 6.45) is 11.6. The number of pyridine rings is 1. The van der Waals surface area contributed by atoms with Crippen LogP contribution in [0.25, 0.3) is 0 Å². The van der Waals surface area contributed by atoms with Gasteiger partial charge in [-0.3, -0.25) is 14.4 Å². The molecule has 1 saturated heterocycles. The molecule has 3 fully saturated rings. The van der Waals surface area contributed by atoms with Crippen molar-refractivity contribution in [1.82, 2.24) is 14.8 Å². The van der Waals surface area contributed by atoms with E-state index in [0.29, 0.717) is 13.1 Å². The van der Waals surface area contributed by atoms with Crippen LogP contribution in [0.1, 0.15) is 92.0 Å². The molecule has 1 N–H and O–H groups in total. The Bertz CT molecular complexity index is 842. The molecular weight excluding hydrogens is 382 g/mol. The van der Waals surface area contributed by atoms with Crippen molar-refractivity contribution in [3.8, 4) is 0 Å².